The van der Waals surface area contributed by atoms with Crippen LogP contribution in [0.5, 0.6) is 0 Å². The number of hydrogen-bond acceptors (Lipinski definition) is 2. The Morgan fingerprint density at radius 2 is 1.72 bits per heavy atom. The van der Waals surface area contributed by atoms with Crippen LogP contribution in [0.1, 0.15) is 63.4 Å². The number of amides is 2. The highest BCUT2D eigenvalue weighted by Crippen LogP contribution is 2.47. The van der Waals surface area contributed by atoms with Gasteiger partial charge < -0.3 is 10.2 Å². The van der Waals surface area contributed by atoms with E-state index >= 15 is 0 Å². The minimum atomic E-state index is -0.306. The van der Waals surface area contributed by atoms with Gasteiger partial charge in [0, 0.05) is 31.0 Å². The molecule has 0 spiro atoms. The molecule has 1 N–H and O–H groups in total. The zero-order valence-electron chi connectivity index (χ0n) is 18.9. The van der Waals surface area contributed by atoms with Gasteiger partial charge in [-0.25, -0.2) is 0 Å². The molecule has 4 nitrogen and oxygen atoms in total. The quantitative estimate of drug-likeness (QED) is 0.737. The predicted octanol–water partition coefficient (Wildman–Crippen LogP) is 4.85. The number of hydrogen-bond donors (Lipinski definition) is 1. The van der Waals surface area contributed by atoms with E-state index < -0.39 is 0 Å². The van der Waals surface area contributed by atoms with Crippen LogP contribution in [0.25, 0.3) is 10.8 Å². The lowest BCUT2D eigenvalue weighted by molar-refractivity contribution is -0.134. The second kappa shape index (κ2) is 7.90. The zero-order chi connectivity index (χ0) is 21.7. The van der Waals surface area contributed by atoms with Gasteiger partial charge in [0.1, 0.15) is 0 Å². The fourth-order valence-corrected chi connectivity index (χ4v) is 7.57. The summed E-state index contributed by atoms with van der Waals surface area (Å²) in [5.41, 5.74) is 0.961. The Kier molecular flexibility index (Phi) is 5.00. The van der Waals surface area contributed by atoms with E-state index in [0.29, 0.717) is 30.7 Å². The maximum Gasteiger partial charge on any atom is 0.222 e. The van der Waals surface area contributed by atoms with E-state index in [4.69, 9.17) is 0 Å². The molecule has 2 aromatic rings. The van der Waals surface area contributed by atoms with Gasteiger partial charge in [-0.15, -0.1) is 0 Å². The molecule has 2 saturated carbocycles. The smallest absolute Gasteiger partial charge is 0.222 e. The minimum absolute atomic E-state index is 0.128. The number of nitrogens with zero attached hydrogens (tertiary/aromatic N) is 1. The van der Waals surface area contributed by atoms with Crippen molar-refractivity contribution in [2.75, 3.05) is 6.54 Å². The van der Waals surface area contributed by atoms with Gasteiger partial charge in [-0.3, -0.25) is 9.59 Å². The van der Waals surface area contributed by atoms with E-state index in [1.807, 2.05) is 0 Å². The summed E-state index contributed by atoms with van der Waals surface area (Å²) in [5.74, 6) is 2.86. The van der Waals surface area contributed by atoms with Gasteiger partial charge in [-0.05, 0) is 85.5 Å². The third-order valence-electron chi connectivity index (χ3n) is 8.89. The molecule has 3 heterocycles. The Labute approximate surface area is 190 Å². The van der Waals surface area contributed by atoms with Crippen LogP contribution in [0.3, 0.4) is 0 Å². The van der Waals surface area contributed by atoms with E-state index in [2.05, 4.69) is 52.7 Å². The van der Waals surface area contributed by atoms with Crippen molar-refractivity contribution in [2.45, 2.75) is 75.8 Å². The Balaban J connectivity index is 1.20. The highest BCUT2D eigenvalue weighted by molar-refractivity contribution is 5.86. The van der Waals surface area contributed by atoms with Gasteiger partial charge in [0.25, 0.3) is 0 Å². The summed E-state index contributed by atoms with van der Waals surface area (Å²) in [4.78, 5) is 28.0. The van der Waals surface area contributed by atoms with Gasteiger partial charge >= 0.3 is 0 Å². The maximum absolute atomic E-state index is 13.5. The molecule has 4 heteroatoms. The van der Waals surface area contributed by atoms with E-state index in [9.17, 15) is 9.59 Å². The van der Waals surface area contributed by atoms with E-state index in [-0.39, 0.29) is 11.4 Å². The molecule has 3 saturated heterocycles. The summed E-state index contributed by atoms with van der Waals surface area (Å²) in [7, 11) is 0. The standard InChI is InChI=1S/C28H34N2O2/c31-26-8-10-28(29-26,17-23-6-3-5-22-4-1-2-7-25(22)23)11-9-27(32)30-18-21-13-19-12-20(14-21)16-24(30)15-19/h1-7,19-21,24H,8-18H2,(H,29,31)/t19-,20-,21?,24?,28+/m0/s1. The topological polar surface area (TPSA) is 49.4 Å². The summed E-state index contributed by atoms with van der Waals surface area (Å²) in [6, 6.07) is 15.4. The van der Waals surface area contributed by atoms with Crippen molar-refractivity contribution in [3.05, 3.63) is 48.0 Å². The molecule has 5 fully saturated rings. The number of benzene rings is 2. The average molecular weight is 431 g/mol. The van der Waals surface area contributed by atoms with Crippen molar-refractivity contribution < 1.29 is 9.59 Å². The first-order chi connectivity index (χ1) is 15.6. The zero-order valence-corrected chi connectivity index (χ0v) is 18.9. The molecule has 32 heavy (non-hydrogen) atoms. The first kappa shape index (κ1) is 20.3. The number of carbonyl (C=O) groups excluding carboxylic acids is 2. The van der Waals surface area contributed by atoms with Crippen LogP contribution in [-0.2, 0) is 16.0 Å². The largest absolute Gasteiger partial charge is 0.350 e. The predicted molar refractivity (Wildman–Crippen MR) is 126 cm³/mol. The van der Waals surface area contributed by atoms with Gasteiger partial charge in [-0.2, -0.15) is 0 Å². The summed E-state index contributed by atoms with van der Waals surface area (Å²) < 4.78 is 0. The lowest BCUT2D eigenvalue weighted by Crippen LogP contribution is -2.46. The van der Waals surface area contributed by atoms with Crippen molar-refractivity contribution >= 4 is 22.6 Å². The summed E-state index contributed by atoms with van der Waals surface area (Å²) in [5, 5.41) is 5.79. The Bertz CT molecular complexity index is 1030. The Morgan fingerprint density at radius 3 is 2.50 bits per heavy atom. The van der Waals surface area contributed by atoms with Crippen LogP contribution in [0, 0.1) is 17.8 Å². The lowest BCUT2D eigenvalue weighted by atomic mass is 9.68. The van der Waals surface area contributed by atoms with Gasteiger partial charge in [0.15, 0.2) is 0 Å². The van der Waals surface area contributed by atoms with Crippen LogP contribution >= 0.6 is 0 Å². The molecule has 168 valence electrons. The Hall–Kier alpha value is -2.36. The number of rotatable bonds is 5. The molecule has 5 aliphatic rings. The molecule has 7 rings (SSSR count). The molecule has 0 radical (unpaired) electrons. The third-order valence-corrected chi connectivity index (χ3v) is 8.89. The molecular weight excluding hydrogens is 396 g/mol. The second-order valence-corrected chi connectivity index (χ2v) is 11.1. The van der Waals surface area contributed by atoms with Crippen molar-refractivity contribution in [2.24, 2.45) is 17.8 Å². The van der Waals surface area contributed by atoms with Crippen molar-refractivity contribution in [1.29, 1.82) is 0 Å². The highest BCUT2D eigenvalue weighted by Gasteiger charge is 2.45. The molecule has 0 aromatic heterocycles. The second-order valence-electron chi connectivity index (χ2n) is 11.1. The van der Waals surface area contributed by atoms with Gasteiger partial charge in [0.2, 0.25) is 11.8 Å². The normalized spacial score (nSPS) is 33.5. The summed E-state index contributed by atoms with van der Waals surface area (Å²) in [6.45, 7) is 0.971. The third kappa shape index (κ3) is 3.72. The molecule has 2 aromatic carbocycles. The molecule has 2 aliphatic carbocycles. The molecule has 3 atom stereocenters. The van der Waals surface area contributed by atoms with Crippen LogP contribution in [0.2, 0.25) is 0 Å². The fourth-order valence-electron chi connectivity index (χ4n) is 7.57. The van der Waals surface area contributed by atoms with E-state index in [1.165, 1.54) is 48.4 Å². The first-order valence-electron chi connectivity index (χ1n) is 12.6. The molecule has 2 amide bonds. The SMILES string of the molecule is O=C1CC[C@@](CCC(=O)N2CC3C[C@H]4CC2C[C@H](C3)C4)(Cc2cccc3ccccc23)N1. The summed E-state index contributed by atoms with van der Waals surface area (Å²) in [6.07, 6.45) is 9.96. The van der Waals surface area contributed by atoms with Crippen molar-refractivity contribution in [1.82, 2.24) is 10.2 Å². The van der Waals surface area contributed by atoms with E-state index in [1.54, 1.807) is 0 Å². The highest BCUT2D eigenvalue weighted by atomic mass is 16.2. The molecule has 4 bridgehead atoms. The fraction of sp³-hybridized carbons (Fsp3) is 0.571. The first-order valence-corrected chi connectivity index (χ1v) is 12.6. The average Bonchev–Trinajstić information content (AvgIpc) is 3.04. The Morgan fingerprint density at radius 1 is 0.969 bits per heavy atom. The number of carbonyl (C=O) groups is 2. The van der Waals surface area contributed by atoms with E-state index in [0.717, 1.165) is 37.6 Å². The van der Waals surface area contributed by atoms with Gasteiger partial charge in [0.05, 0.1) is 0 Å². The summed E-state index contributed by atoms with van der Waals surface area (Å²) >= 11 is 0. The van der Waals surface area contributed by atoms with Crippen LogP contribution in [-0.4, -0.2) is 34.8 Å². The number of fused-ring (bicyclic) bond motifs is 2. The van der Waals surface area contributed by atoms with Crippen LogP contribution in [0.15, 0.2) is 42.5 Å². The molecule has 3 aliphatic heterocycles. The van der Waals surface area contributed by atoms with Crippen molar-refractivity contribution in [3.8, 4) is 0 Å². The lowest BCUT2D eigenvalue weighted by Gasteiger charge is -2.39. The maximum atomic E-state index is 13.5. The van der Waals surface area contributed by atoms with Crippen LogP contribution < -0.4 is 5.32 Å². The molecular formula is C28H34N2O2. The van der Waals surface area contributed by atoms with Crippen LogP contribution in [0.4, 0.5) is 0 Å². The van der Waals surface area contributed by atoms with Gasteiger partial charge in [-0.1, -0.05) is 42.5 Å². The van der Waals surface area contributed by atoms with Crippen molar-refractivity contribution in [3.63, 3.8) is 0 Å². The minimum Gasteiger partial charge on any atom is -0.350 e. The monoisotopic (exact) mass is 430 g/mol. The number of nitrogens with one attached hydrogen (secondary N) is 1. The molecule has 0 unspecified atom stereocenters.